The number of aryl methyl sites for hydroxylation is 2. The van der Waals surface area contributed by atoms with Crippen molar-refractivity contribution in [2.45, 2.75) is 59.5 Å². The van der Waals surface area contributed by atoms with Crippen LogP contribution in [0.4, 0.5) is 0 Å². The molecule has 0 bridgehead atoms. The Bertz CT molecular complexity index is 422. The molecule has 1 aromatic carbocycles. The smallest absolute Gasteiger partial charge is 0.306 e. The number of carbonyl (C=O) groups is 1. The Morgan fingerprint density at radius 3 is 2.30 bits per heavy atom. The average molecular weight is 277 g/mol. The van der Waals surface area contributed by atoms with Gasteiger partial charge in [-0.3, -0.25) is 4.79 Å². The molecule has 0 aliphatic rings. The summed E-state index contributed by atoms with van der Waals surface area (Å²) in [6, 6.07) is 7.01. The van der Waals surface area contributed by atoms with Crippen molar-refractivity contribution in [3.8, 4) is 0 Å². The molecule has 2 unspecified atom stereocenters. The molecule has 2 atom stereocenters. The summed E-state index contributed by atoms with van der Waals surface area (Å²) < 4.78 is 0. The number of hydrogen-bond donors (Lipinski definition) is 2. The van der Waals surface area contributed by atoms with E-state index in [1.165, 1.54) is 16.7 Å². The number of hydrogen-bond acceptors (Lipinski definition) is 2. The van der Waals surface area contributed by atoms with E-state index in [4.69, 9.17) is 5.11 Å². The van der Waals surface area contributed by atoms with E-state index in [0.29, 0.717) is 6.04 Å². The third kappa shape index (κ3) is 6.20. The second-order valence-electron chi connectivity index (χ2n) is 5.95. The lowest BCUT2D eigenvalue weighted by Gasteiger charge is -2.15. The first-order valence-electron chi connectivity index (χ1n) is 7.42. The van der Waals surface area contributed by atoms with Crippen LogP contribution in [0.15, 0.2) is 18.2 Å². The monoisotopic (exact) mass is 277 g/mol. The van der Waals surface area contributed by atoms with Crippen LogP contribution in [0.3, 0.4) is 0 Å². The van der Waals surface area contributed by atoms with E-state index in [2.05, 4.69) is 44.3 Å². The Morgan fingerprint density at radius 1 is 1.15 bits per heavy atom. The van der Waals surface area contributed by atoms with E-state index in [1.54, 1.807) is 6.92 Å². The predicted molar refractivity (Wildman–Crippen MR) is 82.9 cm³/mol. The lowest BCUT2D eigenvalue weighted by atomic mass is 10.0. The van der Waals surface area contributed by atoms with Crippen LogP contribution in [-0.2, 0) is 11.3 Å². The fourth-order valence-corrected chi connectivity index (χ4v) is 2.42. The number of benzene rings is 1. The molecule has 0 saturated heterocycles. The average Bonchev–Trinajstić information content (AvgIpc) is 2.35. The molecule has 0 fully saturated rings. The van der Waals surface area contributed by atoms with Gasteiger partial charge in [0, 0.05) is 12.6 Å². The fourth-order valence-electron chi connectivity index (χ4n) is 2.42. The molecule has 1 aromatic rings. The molecular weight excluding hydrogens is 250 g/mol. The van der Waals surface area contributed by atoms with Gasteiger partial charge in [0.15, 0.2) is 0 Å². The summed E-state index contributed by atoms with van der Waals surface area (Å²) in [5.41, 5.74) is 3.91. The second kappa shape index (κ2) is 8.05. The summed E-state index contributed by atoms with van der Waals surface area (Å²) in [6.45, 7) is 9.04. The van der Waals surface area contributed by atoms with Gasteiger partial charge >= 0.3 is 5.97 Å². The van der Waals surface area contributed by atoms with Crippen molar-refractivity contribution in [2.75, 3.05) is 0 Å². The van der Waals surface area contributed by atoms with Crippen molar-refractivity contribution >= 4 is 5.97 Å². The van der Waals surface area contributed by atoms with E-state index < -0.39 is 5.97 Å². The molecule has 0 aliphatic heterocycles. The highest BCUT2D eigenvalue weighted by atomic mass is 16.4. The summed E-state index contributed by atoms with van der Waals surface area (Å²) in [5, 5.41) is 12.3. The third-order valence-electron chi connectivity index (χ3n) is 3.63. The highest BCUT2D eigenvalue weighted by Gasteiger charge is 2.11. The van der Waals surface area contributed by atoms with Crippen LogP contribution in [0.2, 0.25) is 0 Å². The number of rotatable bonds is 8. The zero-order valence-electron chi connectivity index (χ0n) is 13.1. The first-order valence-corrected chi connectivity index (χ1v) is 7.42. The number of aliphatic carboxylic acids is 1. The normalized spacial score (nSPS) is 14.0. The largest absolute Gasteiger partial charge is 0.481 e. The summed E-state index contributed by atoms with van der Waals surface area (Å²) in [4.78, 5) is 10.7. The third-order valence-corrected chi connectivity index (χ3v) is 3.63. The Kier molecular flexibility index (Phi) is 6.73. The zero-order chi connectivity index (χ0) is 15.1. The quantitative estimate of drug-likeness (QED) is 0.762. The summed E-state index contributed by atoms with van der Waals surface area (Å²) in [5.74, 6) is -0.928. The van der Waals surface area contributed by atoms with Gasteiger partial charge in [0.05, 0.1) is 5.92 Å². The highest BCUT2D eigenvalue weighted by Crippen LogP contribution is 2.11. The van der Waals surface area contributed by atoms with Crippen molar-refractivity contribution in [2.24, 2.45) is 5.92 Å². The van der Waals surface area contributed by atoms with Crippen molar-refractivity contribution < 1.29 is 9.90 Å². The van der Waals surface area contributed by atoms with Gasteiger partial charge in [0.1, 0.15) is 0 Å². The predicted octanol–water partition coefficient (Wildman–Crippen LogP) is 3.67. The molecule has 0 saturated carbocycles. The lowest BCUT2D eigenvalue weighted by Crippen LogP contribution is -2.25. The summed E-state index contributed by atoms with van der Waals surface area (Å²) in [7, 11) is 0. The maximum absolute atomic E-state index is 10.7. The molecule has 0 spiro atoms. The van der Waals surface area contributed by atoms with Crippen LogP contribution < -0.4 is 5.32 Å². The Hall–Kier alpha value is -1.35. The van der Waals surface area contributed by atoms with Gasteiger partial charge in [-0.15, -0.1) is 0 Å². The molecule has 3 nitrogen and oxygen atoms in total. The second-order valence-corrected chi connectivity index (χ2v) is 5.95. The molecule has 20 heavy (non-hydrogen) atoms. The van der Waals surface area contributed by atoms with E-state index in [0.717, 1.165) is 25.8 Å². The molecule has 0 aromatic heterocycles. The maximum Gasteiger partial charge on any atom is 0.306 e. The van der Waals surface area contributed by atoms with Gasteiger partial charge in [-0.2, -0.15) is 0 Å². The van der Waals surface area contributed by atoms with Crippen molar-refractivity contribution in [1.82, 2.24) is 5.32 Å². The number of nitrogens with one attached hydrogen (secondary N) is 1. The first-order chi connectivity index (χ1) is 9.38. The molecule has 0 heterocycles. The molecule has 3 heteroatoms. The fraction of sp³-hybridized carbons (Fsp3) is 0.588. The SMILES string of the molecule is Cc1cc(C)cc(CNC(C)CCCC(C)C(=O)O)c1. The zero-order valence-corrected chi connectivity index (χ0v) is 13.1. The summed E-state index contributed by atoms with van der Waals surface area (Å²) in [6.07, 6.45) is 2.72. The van der Waals surface area contributed by atoms with Gasteiger partial charge in [-0.05, 0) is 39.2 Å². The molecule has 0 radical (unpaired) electrons. The van der Waals surface area contributed by atoms with Gasteiger partial charge in [0.25, 0.3) is 0 Å². The van der Waals surface area contributed by atoms with Crippen LogP contribution in [0.5, 0.6) is 0 Å². The van der Waals surface area contributed by atoms with Gasteiger partial charge < -0.3 is 10.4 Å². The van der Waals surface area contributed by atoms with Gasteiger partial charge in [0.2, 0.25) is 0 Å². The lowest BCUT2D eigenvalue weighted by molar-refractivity contribution is -0.141. The molecule has 1 rings (SSSR count). The number of carboxylic acids is 1. The Labute approximate surface area is 122 Å². The number of carboxylic acid groups (broad SMARTS) is 1. The Morgan fingerprint density at radius 2 is 1.75 bits per heavy atom. The van der Waals surface area contributed by atoms with Crippen LogP contribution >= 0.6 is 0 Å². The highest BCUT2D eigenvalue weighted by molar-refractivity contribution is 5.69. The van der Waals surface area contributed by atoms with Crippen molar-refractivity contribution in [3.63, 3.8) is 0 Å². The molecule has 0 amide bonds. The molecule has 0 aliphatic carbocycles. The topological polar surface area (TPSA) is 49.3 Å². The van der Waals surface area contributed by atoms with Crippen LogP contribution in [0, 0.1) is 19.8 Å². The molecule has 2 N–H and O–H groups in total. The first kappa shape index (κ1) is 16.7. The minimum atomic E-state index is -0.694. The van der Waals surface area contributed by atoms with E-state index in [9.17, 15) is 4.79 Å². The van der Waals surface area contributed by atoms with Gasteiger partial charge in [-0.25, -0.2) is 0 Å². The van der Waals surface area contributed by atoms with E-state index in [-0.39, 0.29) is 5.92 Å². The maximum atomic E-state index is 10.7. The molecule has 112 valence electrons. The molecular formula is C17H27NO2. The van der Waals surface area contributed by atoms with Crippen LogP contribution in [0.25, 0.3) is 0 Å². The van der Waals surface area contributed by atoms with Crippen LogP contribution in [0.1, 0.15) is 49.8 Å². The standard InChI is InChI=1S/C17H27NO2/c1-12-8-13(2)10-16(9-12)11-18-15(4)7-5-6-14(3)17(19)20/h8-10,14-15,18H,5-7,11H2,1-4H3,(H,19,20). The van der Waals surface area contributed by atoms with E-state index >= 15 is 0 Å². The minimum Gasteiger partial charge on any atom is -0.481 e. The van der Waals surface area contributed by atoms with Crippen molar-refractivity contribution in [3.05, 3.63) is 34.9 Å². The Balaban J connectivity index is 2.29. The van der Waals surface area contributed by atoms with E-state index in [1.807, 2.05) is 0 Å². The van der Waals surface area contributed by atoms with Gasteiger partial charge in [-0.1, -0.05) is 42.7 Å². The summed E-state index contributed by atoms with van der Waals surface area (Å²) >= 11 is 0. The van der Waals surface area contributed by atoms with Crippen LogP contribution in [-0.4, -0.2) is 17.1 Å². The van der Waals surface area contributed by atoms with Crippen molar-refractivity contribution in [1.29, 1.82) is 0 Å². The minimum absolute atomic E-state index is 0.235.